The fourth-order valence-corrected chi connectivity index (χ4v) is 71.3. The van der Waals surface area contributed by atoms with Gasteiger partial charge in [0.25, 0.3) is 0 Å². The Balaban J connectivity index is 2.09. The molecule has 1 spiro atoms. The van der Waals surface area contributed by atoms with Crippen LogP contribution in [0.4, 0.5) is 0 Å². The van der Waals surface area contributed by atoms with E-state index in [1.807, 2.05) is 0 Å². The van der Waals surface area contributed by atoms with Crippen LogP contribution in [0.15, 0.2) is 23.5 Å². The van der Waals surface area contributed by atoms with E-state index in [2.05, 4.69) is 84.5 Å². The van der Waals surface area contributed by atoms with E-state index in [0.29, 0.717) is 5.92 Å². The molecule has 27 heavy (non-hydrogen) atoms. The predicted octanol–water partition coefficient (Wildman–Crippen LogP) is 8.78. The number of aliphatic hydroxyl groups is 1. The normalized spacial score (nSPS) is 39.7. The van der Waals surface area contributed by atoms with Gasteiger partial charge in [-0.25, -0.2) is 0 Å². The Labute approximate surface area is 182 Å². The molecular formula is C15H32O2P10. The van der Waals surface area contributed by atoms with E-state index in [0.717, 1.165) is 26.6 Å². The lowest BCUT2D eigenvalue weighted by atomic mass is 9.54. The molecular weight excluding hydrogens is 522 g/mol. The van der Waals surface area contributed by atoms with Gasteiger partial charge in [-0.05, 0) is 44.2 Å². The van der Waals surface area contributed by atoms with Crippen LogP contribution in [0, 0.1) is 22.7 Å². The largest absolute Gasteiger partial charge is 0.467 e. The van der Waals surface area contributed by atoms with Crippen molar-refractivity contribution >= 4 is 81.1 Å². The lowest BCUT2D eigenvalue weighted by Gasteiger charge is -2.52. The van der Waals surface area contributed by atoms with Gasteiger partial charge in [0.1, 0.15) is 13.3 Å². The minimum Gasteiger partial charge on any atom is -0.467 e. The third-order valence-electron chi connectivity index (χ3n) is 6.89. The van der Waals surface area contributed by atoms with Crippen LogP contribution in [0.2, 0.25) is 0 Å². The van der Waals surface area contributed by atoms with Gasteiger partial charge >= 0.3 is 0 Å². The van der Waals surface area contributed by atoms with Gasteiger partial charge in [0.15, 0.2) is 0 Å². The average Bonchev–Trinajstić information content (AvgIpc) is 2.81. The first kappa shape index (κ1) is 25.2. The van der Waals surface area contributed by atoms with Crippen molar-refractivity contribution in [3.63, 3.8) is 0 Å². The van der Waals surface area contributed by atoms with E-state index in [4.69, 9.17) is 4.52 Å². The Morgan fingerprint density at radius 3 is 2.37 bits per heavy atom. The Kier molecular flexibility index (Phi) is 8.44. The molecule has 3 rings (SSSR count). The van der Waals surface area contributed by atoms with Gasteiger partial charge in [0.2, 0.25) is 0 Å². The van der Waals surface area contributed by atoms with Crippen molar-refractivity contribution in [2.24, 2.45) is 22.7 Å². The highest BCUT2D eigenvalue weighted by molar-refractivity contribution is 9.10. The zero-order valence-corrected chi connectivity index (χ0v) is 26.6. The van der Waals surface area contributed by atoms with Gasteiger partial charge in [-0.2, -0.15) is 0 Å². The first-order chi connectivity index (χ1) is 12.4. The average molecular weight is 554 g/mol. The summed E-state index contributed by atoms with van der Waals surface area (Å²) in [5, 5.41) is 12.0. The van der Waals surface area contributed by atoms with Crippen molar-refractivity contribution in [3.05, 3.63) is 23.5 Å². The molecule has 12 atom stereocenters. The summed E-state index contributed by atoms with van der Waals surface area (Å²) in [6.07, 6.45) is 6.62. The molecule has 1 N–H and O–H groups in total. The van der Waals surface area contributed by atoms with Crippen LogP contribution in [0.5, 0.6) is 0 Å². The molecule has 0 radical (unpaired) electrons. The summed E-state index contributed by atoms with van der Waals surface area (Å²) in [7, 11) is 15.4. The van der Waals surface area contributed by atoms with Crippen LogP contribution in [0.1, 0.15) is 40.5 Å². The number of fused-ring (bicyclic) bond motifs is 1. The summed E-state index contributed by atoms with van der Waals surface area (Å²) in [6.45, 7) is 8.48. The summed E-state index contributed by atoms with van der Waals surface area (Å²) in [6, 6.07) is 0. The minimum atomic E-state index is -0.711. The van der Waals surface area contributed by atoms with Gasteiger partial charge in [-0.3, -0.25) is 0 Å². The van der Waals surface area contributed by atoms with Gasteiger partial charge in [-0.1, -0.05) is 58.2 Å². The highest BCUT2D eigenvalue weighted by Crippen LogP contribution is 3.10. The molecule has 0 aliphatic heterocycles. The standard InChI is InChI=1S/C15H32O2P10/c1-9-5-6-11-8-14(16)10(2)7-12(15(9,14)13(11,3)4)17-24(25(19)20)27(23-18)26(21)22/h5,7,10-11,16,23H,6,8,18-22H2,1-4H3/t10-,11?,14+,15?,24?,27?/m1/s1. The molecule has 0 saturated heterocycles. The van der Waals surface area contributed by atoms with E-state index in [-0.39, 0.29) is 37.7 Å². The molecule has 2 bridgehead atoms. The first-order valence-electron chi connectivity index (χ1n) is 8.90. The van der Waals surface area contributed by atoms with E-state index in [9.17, 15) is 5.11 Å². The quantitative estimate of drug-likeness (QED) is 0.263. The summed E-state index contributed by atoms with van der Waals surface area (Å²) in [5.74, 6) is 1.74. The third-order valence-corrected chi connectivity index (χ3v) is 54.0. The number of hydrogen-bond acceptors (Lipinski definition) is 2. The highest BCUT2D eigenvalue weighted by Gasteiger charge is 2.75. The van der Waals surface area contributed by atoms with E-state index in [1.165, 1.54) is 5.57 Å². The fraction of sp³-hybridized carbons (Fsp3) is 0.733. The molecule has 3 aliphatic carbocycles. The first-order valence-corrected chi connectivity index (χ1v) is 26.4. The van der Waals surface area contributed by atoms with Crippen LogP contribution in [-0.2, 0) is 4.52 Å². The van der Waals surface area contributed by atoms with Crippen LogP contribution in [0.3, 0.4) is 0 Å². The van der Waals surface area contributed by atoms with Crippen molar-refractivity contribution in [1.29, 1.82) is 0 Å². The maximum atomic E-state index is 12.0. The molecule has 0 aromatic carbocycles. The molecule has 0 aromatic heterocycles. The lowest BCUT2D eigenvalue weighted by Crippen LogP contribution is -2.53. The fourth-order valence-electron chi connectivity index (χ4n) is 5.67. The van der Waals surface area contributed by atoms with Crippen molar-refractivity contribution in [2.45, 2.75) is 46.1 Å². The van der Waals surface area contributed by atoms with Crippen molar-refractivity contribution in [2.75, 3.05) is 0 Å². The monoisotopic (exact) mass is 554 g/mol. The van der Waals surface area contributed by atoms with Crippen molar-refractivity contribution in [1.82, 2.24) is 0 Å². The van der Waals surface area contributed by atoms with Crippen LogP contribution in [0.25, 0.3) is 0 Å². The van der Waals surface area contributed by atoms with Crippen LogP contribution < -0.4 is 0 Å². The Morgan fingerprint density at radius 2 is 1.85 bits per heavy atom. The smallest absolute Gasteiger partial charge is 0.150 e. The van der Waals surface area contributed by atoms with E-state index < -0.39 is 13.1 Å². The summed E-state index contributed by atoms with van der Waals surface area (Å²) < 4.78 is 7.04. The van der Waals surface area contributed by atoms with Gasteiger partial charge < -0.3 is 9.63 Å². The molecule has 2 nitrogen and oxygen atoms in total. The SMILES string of the molecule is CC1=CCC2C[C@]3(O)[C@H](C)C=C(OP(P(P)P)P(PP)P(P)P)C13C2(C)C. The van der Waals surface area contributed by atoms with Gasteiger partial charge in [-0.15, -0.1) is 26.8 Å². The molecule has 10 unspecified atom stereocenters. The zero-order valence-electron chi connectivity index (χ0n) is 16.3. The van der Waals surface area contributed by atoms with Crippen LogP contribution >= 0.6 is 81.1 Å². The van der Waals surface area contributed by atoms with Crippen molar-refractivity contribution in [3.8, 4) is 0 Å². The Morgan fingerprint density at radius 1 is 1.22 bits per heavy atom. The molecule has 154 valence electrons. The van der Waals surface area contributed by atoms with Gasteiger partial charge in [0.05, 0.1) is 11.0 Å². The number of hydrogen-bond donors (Lipinski definition) is 1. The molecule has 12 heteroatoms. The molecule has 1 saturated carbocycles. The maximum absolute atomic E-state index is 12.0. The topological polar surface area (TPSA) is 29.5 Å². The van der Waals surface area contributed by atoms with Gasteiger partial charge in [0, 0.05) is 19.9 Å². The molecule has 0 heterocycles. The lowest BCUT2D eigenvalue weighted by molar-refractivity contribution is -0.0786. The number of rotatable bonds is 6. The summed E-state index contributed by atoms with van der Waals surface area (Å²) >= 11 is 0. The maximum Gasteiger partial charge on any atom is 0.150 e. The zero-order chi connectivity index (χ0) is 20.4. The Hall–Kier alpha value is 3.54. The molecule has 1 fully saturated rings. The summed E-state index contributed by atoms with van der Waals surface area (Å²) in [5.41, 5.74) is 0.265. The van der Waals surface area contributed by atoms with E-state index in [1.54, 1.807) is 0 Å². The second-order valence-corrected chi connectivity index (χ2v) is 42.7. The molecule has 0 aromatic rings. The van der Waals surface area contributed by atoms with E-state index >= 15 is 0 Å². The summed E-state index contributed by atoms with van der Waals surface area (Å²) in [4.78, 5) is 0. The predicted molar refractivity (Wildman–Crippen MR) is 151 cm³/mol. The van der Waals surface area contributed by atoms with Crippen LogP contribution in [-0.4, -0.2) is 10.7 Å². The van der Waals surface area contributed by atoms with Crippen molar-refractivity contribution < 1.29 is 9.63 Å². The number of allylic oxidation sites excluding steroid dienone is 1. The minimum absolute atomic E-state index is 0.0153. The second-order valence-electron chi connectivity index (χ2n) is 8.26. The Bertz CT molecular complexity index is 665. The molecule has 0 amide bonds. The second kappa shape index (κ2) is 9.06. The molecule has 3 aliphatic rings. The third kappa shape index (κ3) is 3.73. The highest BCUT2D eigenvalue weighted by atomic mass is 33.1.